The molecule has 2 amide bonds. The van der Waals surface area contributed by atoms with Gasteiger partial charge in [-0.05, 0) is 36.5 Å². The van der Waals surface area contributed by atoms with Gasteiger partial charge in [0.25, 0.3) is 0 Å². The van der Waals surface area contributed by atoms with Crippen LogP contribution < -0.4 is 24.8 Å². The smallest absolute Gasteiger partial charge is 0.305 e. The minimum atomic E-state index is -1.20. The van der Waals surface area contributed by atoms with Crippen LogP contribution in [0.25, 0.3) is 0 Å². The second-order valence-electron chi connectivity index (χ2n) is 7.89. The highest BCUT2D eigenvalue weighted by Gasteiger charge is 2.27. The SMILES string of the molecule is COc1cc(CCCNC(=O)CC(C(=O)NC(C=O)CC(=O)O)C(C)C)cc(OC)c1OC. The summed E-state index contributed by atoms with van der Waals surface area (Å²) >= 11 is 0. The topological polar surface area (TPSA) is 140 Å². The van der Waals surface area contributed by atoms with Crippen molar-refractivity contribution in [3.63, 3.8) is 0 Å². The summed E-state index contributed by atoms with van der Waals surface area (Å²) < 4.78 is 16.0. The molecule has 0 heterocycles. The van der Waals surface area contributed by atoms with E-state index in [0.29, 0.717) is 42.9 Å². The number of carbonyl (C=O) groups excluding carboxylic acids is 3. The maximum atomic E-state index is 12.5. The molecule has 1 aromatic carbocycles. The summed E-state index contributed by atoms with van der Waals surface area (Å²) in [4.78, 5) is 46.7. The van der Waals surface area contributed by atoms with Crippen molar-refractivity contribution < 1.29 is 38.5 Å². The lowest BCUT2D eigenvalue weighted by Gasteiger charge is -2.21. The minimum Gasteiger partial charge on any atom is -0.493 e. The molecule has 0 aliphatic rings. The molecule has 0 spiro atoms. The van der Waals surface area contributed by atoms with Crippen molar-refractivity contribution in [2.24, 2.45) is 11.8 Å². The highest BCUT2D eigenvalue weighted by molar-refractivity contribution is 5.88. The van der Waals surface area contributed by atoms with Gasteiger partial charge in [-0.1, -0.05) is 13.8 Å². The third-order valence-corrected chi connectivity index (χ3v) is 5.12. The molecule has 0 aromatic heterocycles. The molecule has 0 saturated carbocycles. The van der Waals surface area contributed by atoms with Crippen LogP contribution >= 0.6 is 0 Å². The molecule has 184 valence electrons. The molecule has 1 aromatic rings. The van der Waals surface area contributed by atoms with Crippen LogP contribution in [-0.4, -0.2) is 63.1 Å². The highest BCUT2D eigenvalue weighted by Crippen LogP contribution is 2.38. The zero-order chi connectivity index (χ0) is 25.0. The van der Waals surface area contributed by atoms with Gasteiger partial charge in [-0.3, -0.25) is 14.4 Å². The van der Waals surface area contributed by atoms with E-state index in [0.717, 1.165) is 5.56 Å². The number of rotatable bonds is 15. The van der Waals surface area contributed by atoms with Crippen LogP contribution in [0.4, 0.5) is 0 Å². The van der Waals surface area contributed by atoms with Crippen LogP contribution in [-0.2, 0) is 25.6 Å². The van der Waals surface area contributed by atoms with Crippen molar-refractivity contribution in [2.75, 3.05) is 27.9 Å². The largest absolute Gasteiger partial charge is 0.493 e. The third kappa shape index (κ3) is 8.99. The fourth-order valence-electron chi connectivity index (χ4n) is 3.31. The Morgan fingerprint density at radius 1 is 1.03 bits per heavy atom. The highest BCUT2D eigenvalue weighted by atomic mass is 16.5. The maximum Gasteiger partial charge on any atom is 0.305 e. The standard InChI is InChI=1S/C23H34N2O8/c1-14(2)17(23(30)25-16(13-26)11-21(28)29)12-20(27)24-8-6-7-15-9-18(31-3)22(33-5)19(10-15)32-4/h9-10,13-14,16-17H,6-8,11-12H2,1-5H3,(H,24,27)(H,25,30)(H,28,29). The van der Waals surface area contributed by atoms with E-state index < -0.39 is 30.3 Å². The van der Waals surface area contributed by atoms with Gasteiger partial charge in [-0.25, -0.2) is 0 Å². The zero-order valence-corrected chi connectivity index (χ0v) is 19.8. The van der Waals surface area contributed by atoms with Crippen molar-refractivity contribution >= 4 is 24.1 Å². The average molecular weight is 467 g/mol. The van der Waals surface area contributed by atoms with E-state index in [1.54, 1.807) is 28.1 Å². The minimum absolute atomic E-state index is 0.0632. The zero-order valence-electron chi connectivity index (χ0n) is 19.8. The number of aliphatic carboxylic acids is 1. The summed E-state index contributed by atoms with van der Waals surface area (Å²) in [5, 5.41) is 14.0. The molecule has 3 N–H and O–H groups in total. The van der Waals surface area contributed by atoms with Crippen LogP contribution in [0.2, 0.25) is 0 Å². The first-order valence-electron chi connectivity index (χ1n) is 10.7. The monoisotopic (exact) mass is 466 g/mol. The molecule has 2 unspecified atom stereocenters. The van der Waals surface area contributed by atoms with E-state index in [4.69, 9.17) is 19.3 Å². The fourth-order valence-corrected chi connectivity index (χ4v) is 3.31. The van der Waals surface area contributed by atoms with Gasteiger partial charge < -0.3 is 34.7 Å². The van der Waals surface area contributed by atoms with E-state index in [2.05, 4.69) is 10.6 Å². The Bertz CT molecular complexity index is 800. The molecule has 0 aliphatic heterocycles. The molecule has 0 fully saturated rings. The first-order valence-corrected chi connectivity index (χ1v) is 10.7. The van der Waals surface area contributed by atoms with Crippen LogP contribution in [0.1, 0.15) is 38.7 Å². The van der Waals surface area contributed by atoms with E-state index in [1.807, 2.05) is 12.1 Å². The number of aldehydes is 1. The number of carboxylic acid groups (broad SMARTS) is 1. The van der Waals surface area contributed by atoms with Crippen LogP contribution in [0.3, 0.4) is 0 Å². The Kier molecular flexibility index (Phi) is 11.7. The molecule has 0 saturated heterocycles. The van der Waals surface area contributed by atoms with Gasteiger partial charge in [0.15, 0.2) is 11.5 Å². The number of ether oxygens (including phenoxy) is 3. The Morgan fingerprint density at radius 2 is 1.64 bits per heavy atom. The fraction of sp³-hybridized carbons (Fsp3) is 0.565. The predicted octanol–water partition coefficient (Wildman–Crippen LogP) is 1.58. The predicted molar refractivity (Wildman–Crippen MR) is 121 cm³/mol. The molecule has 10 nitrogen and oxygen atoms in total. The van der Waals surface area contributed by atoms with E-state index in [-0.39, 0.29) is 18.2 Å². The lowest BCUT2D eigenvalue weighted by atomic mass is 9.91. The Labute approximate surface area is 194 Å². The lowest BCUT2D eigenvalue weighted by Crippen LogP contribution is -2.44. The lowest BCUT2D eigenvalue weighted by molar-refractivity contribution is -0.139. The number of amides is 2. The second-order valence-corrected chi connectivity index (χ2v) is 7.89. The number of hydrogen-bond acceptors (Lipinski definition) is 7. The normalized spacial score (nSPS) is 12.4. The molecular weight excluding hydrogens is 432 g/mol. The van der Waals surface area contributed by atoms with Crippen molar-refractivity contribution in [1.29, 1.82) is 0 Å². The van der Waals surface area contributed by atoms with Gasteiger partial charge in [-0.2, -0.15) is 0 Å². The van der Waals surface area contributed by atoms with Crippen molar-refractivity contribution in [2.45, 2.75) is 45.6 Å². The summed E-state index contributed by atoms with van der Waals surface area (Å²) in [5.74, 6) is -1.25. The number of benzene rings is 1. The number of carbonyl (C=O) groups is 4. The number of methoxy groups -OCH3 is 3. The van der Waals surface area contributed by atoms with Crippen LogP contribution in [0, 0.1) is 11.8 Å². The molecule has 33 heavy (non-hydrogen) atoms. The number of nitrogens with one attached hydrogen (secondary N) is 2. The summed E-state index contributed by atoms with van der Waals surface area (Å²) in [5.41, 5.74) is 0.955. The molecule has 0 radical (unpaired) electrons. The van der Waals surface area contributed by atoms with E-state index in [9.17, 15) is 19.2 Å². The Hall–Kier alpha value is -3.30. The molecule has 1 rings (SSSR count). The number of aryl methyl sites for hydroxylation is 1. The van der Waals surface area contributed by atoms with Gasteiger partial charge in [0.05, 0.1) is 33.8 Å². The number of hydrogen-bond donors (Lipinski definition) is 3. The summed E-state index contributed by atoms with van der Waals surface area (Å²) in [7, 11) is 4.62. The average Bonchev–Trinajstić information content (AvgIpc) is 2.78. The Morgan fingerprint density at radius 3 is 2.09 bits per heavy atom. The summed E-state index contributed by atoms with van der Waals surface area (Å²) in [6.45, 7) is 3.97. The molecular formula is C23H34N2O8. The third-order valence-electron chi connectivity index (χ3n) is 5.12. The van der Waals surface area contributed by atoms with Crippen molar-refractivity contribution in [3.8, 4) is 17.2 Å². The first-order chi connectivity index (χ1) is 15.7. The van der Waals surface area contributed by atoms with Gasteiger partial charge >= 0.3 is 5.97 Å². The van der Waals surface area contributed by atoms with E-state index in [1.165, 1.54) is 7.11 Å². The van der Waals surface area contributed by atoms with Gasteiger partial charge in [-0.15, -0.1) is 0 Å². The van der Waals surface area contributed by atoms with Crippen molar-refractivity contribution in [3.05, 3.63) is 17.7 Å². The summed E-state index contributed by atoms with van der Waals surface area (Å²) in [6.07, 6.45) is 1.11. The quantitative estimate of drug-likeness (QED) is 0.261. The van der Waals surface area contributed by atoms with Gasteiger partial charge in [0.2, 0.25) is 17.6 Å². The van der Waals surface area contributed by atoms with Crippen LogP contribution in [0.5, 0.6) is 17.2 Å². The Balaban J connectivity index is 2.61. The first kappa shape index (κ1) is 27.7. The summed E-state index contributed by atoms with van der Waals surface area (Å²) in [6, 6.07) is 2.57. The van der Waals surface area contributed by atoms with E-state index >= 15 is 0 Å². The van der Waals surface area contributed by atoms with Crippen LogP contribution in [0.15, 0.2) is 12.1 Å². The van der Waals surface area contributed by atoms with Gasteiger partial charge in [0, 0.05) is 18.9 Å². The molecule has 2 atom stereocenters. The number of carboxylic acids is 1. The second kappa shape index (κ2) is 14.0. The maximum absolute atomic E-state index is 12.5. The molecule has 0 bridgehead atoms. The molecule has 0 aliphatic carbocycles. The van der Waals surface area contributed by atoms with Gasteiger partial charge in [0.1, 0.15) is 6.29 Å². The molecule has 10 heteroatoms. The van der Waals surface area contributed by atoms with Crippen molar-refractivity contribution in [1.82, 2.24) is 10.6 Å².